The molecule has 0 atom stereocenters. The molecule has 0 bridgehead atoms. The molecule has 3 heteroatoms. The number of furan rings is 1. The number of aromatic nitrogens is 1. The van der Waals surface area contributed by atoms with Crippen LogP contribution in [0, 0.1) is 0 Å². The molecular weight excluding hydrogens is 741 g/mol. The lowest BCUT2D eigenvalue weighted by Gasteiger charge is -2.28. The molecule has 2 heterocycles. The van der Waals surface area contributed by atoms with E-state index in [0.717, 1.165) is 72.4 Å². The highest BCUT2D eigenvalue weighted by molar-refractivity contribution is 6.13. The summed E-state index contributed by atoms with van der Waals surface area (Å²) in [4.78, 5) is 2.41. The predicted octanol–water partition coefficient (Wildman–Crippen LogP) is 16.3. The maximum atomic E-state index is 6.62. The summed E-state index contributed by atoms with van der Waals surface area (Å²) < 4.78 is 9.06. The number of hydrogen-bond donors (Lipinski definition) is 0. The van der Waals surface area contributed by atoms with Crippen molar-refractivity contribution in [2.24, 2.45) is 0 Å². The van der Waals surface area contributed by atoms with E-state index in [1.807, 2.05) is 6.07 Å². The lowest BCUT2D eigenvalue weighted by Crippen LogP contribution is -2.11. The summed E-state index contributed by atoms with van der Waals surface area (Å²) in [5.74, 6) is 0. The summed E-state index contributed by atoms with van der Waals surface area (Å²) in [5, 5.41) is 7.13. The van der Waals surface area contributed by atoms with Gasteiger partial charge in [-0.25, -0.2) is 0 Å². The second-order valence-corrected chi connectivity index (χ2v) is 15.6. The topological polar surface area (TPSA) is 21.3 Å². The van der Waals surface area contributed by atoms with Gasteiger partial charge in [0, 0.05) is 49.6 Å². The Morgan fingerprint density at radius 1 is 0.344 bits per heavy atom. The number of nitrogens with zero attached hydrogens (tertiary/aromatic N) is 2. The van der Waals surface area contributed by atoms with Crippen molar-refractivity contribution < 1.29 is 4.42 Å². The van der Waals surface area contributed by atoms with E-state index in [9.17, 15) is 0 Å². The predicted molar refractivity (Wildman–Crippen MR) is 257 cm³/mol. The van der Waals surface area contributed by atoms with Crippen molar-refractivity contribution in [1.82, 2.24) is 4.57 Å². The van der Waals surface area contributed by atoms with E-state index in [2.05, 4.69) is 234 Å². The van der Waals surface area contributed by atoms with Gasteiger partial charge in [-0.15, -0.1) is 0 Å². The van der Waals surface area contributed by atoms with Gasteiger partial charge >= 0.3 is 0 Å². The van der Waals surface area contributed by atoms with Crippen molar-refractivity contribution in [2.75, 3.05) is 4.90 Å². The van der Waals surface area contributed by atoms with Crippen molar-refractivity contribution in [3.8, 4) is 39.1 Å². The van der Waals surface area contributed by atoms with Crippen molar-refractivity contribution in [3.63, 3.8) is 0 Å². The Balaban J connectivity index is 1.08. The molecule has 61 heavy (non-hydrogen) atoms. The van der Waals surface area contributed by atoms with Crippen LogP contribution >= 0.6 is 0 Å². The zero-order valence-corrected chi connectivity index (χ0v) is 33.2. The van der Waals surface area contributed by atoms with Gasteiger partial charge in [0.2, 0.25) is 0 Å². The molecule has 0 saturated carbocycles. The van der Waals surface area contributed by atoms with Crippen molar-refractivity contribution >= 4 is 71.6 Å². The van der Waals surface area contributed by atoms with Gasteiger partial charge in [-0.3, -0.25) is 0 Å². The molecule has 2 aromatic heterocycles. The SMILES string of the molecule is c1ccc(-c2ccccc2N(c2ccc(-c3cccc4ccccc34)cc2)c2ccc3c4ccccc4n(-c4ccccc4-c4cccc5c4oc4ccccc45)c3c2)cc1. The van der Waals surface area contributed by atoms with Crippen LogP contribution in [0.25, 0.3) is 93.6 Å². The highest BCUT2D eigenvalue weighted by Gasteiger charge is 2.22. The van der Waals surface area contributed by atoms with Gasteiger partial charge in [0.1, 0.15) is 11.2 Å². The Kier molecular flexibility index (Phi) is 8.17. The van der Waals surface area contributed by atoms with Crippen LogP contribution in [0.4, 0.5) is 17.1 Å². The molecule has 0 N–H and O–H groups in total. The van der Waals surface area contributed by atoms with E-state index in [4.69, 9.17) is 4.42 Å². The number of para-hydroxylation sites is 5. The lowest BCUT2D eigenvalue weighted by molar-refractivity contribution is 0.670. The van der Waals surface area contributed by atoms with Crippen LogP contribution in [0.2, 0.25) is 0 Å². The van der Waals surface area contributed by atoms with E-state index < -0.39 is 0 Å². The quantitative estimate of drug-likeness (QED) is 0.161. The van der Waals surface area contributed by atoms with E-state index in [0.29, 0.717) is 0 Å². The fourth-order valence-corrected chi connectivity index (χ4v) is 9.44. The molecule has 0 unspecified atom stereocenters. The maximum absolute atomic E-state index is 6.62. The Labute approximate surface area is 353 Å². The summed E-state index contributed by atoms with van der Waals surface area (Å²) in [7, 11) is 0. The monoisotopic (exact) mass is 778 g/mol. The minimum Gasteiger partial charge on any atom is -0.455 e. The van der Waals surface area contributed by atoms with E-state index in [-0.39, 0.29) is 0 Å². The summed E-state index contributed by atoms with van der Waals surface area (Å²) in [6.07, 6.45) is 0. The average molecular weight is 779 g/mol. The van der Waals surface area contributed by atoms with E-state index >= 15 is 0 Å². The maximum Gasteiger partial charge on any atom is 0.143 e. The number of hydrogen-bond acceptors (Lipinski definition) is 2. The summed E-state index contributed by atoms with van der Waals surface area (Å²) >= 11 is 0. The minimum atomic E-state index is 0.893. The Morgan fingerprint density at radius 2 is 0.934 bits per heavy atom. The Hall–Kier alpha value is -8.14. The number of rotatable bonds is 7. The van der Waals surface area contributed by atoms with Crippen LogP contribution in [0.3, 0.4) is 0 Å². The van der Waals surface area contributed by atoms with Crippen LogP contribution in [0.5, 0.6) is 0 Å². The molecule has 0 fully saturated rings. The fourth-order valence-electron chi connectivity index (χ4n) is 9.44. The molecule has 0 aliphatic heterocycles. The molecule has 286 valence electrons. The molecule has 0 aliphatic carbocycles. The number of benzene rings is 10. The second-order valence-electron chi connectivity index (χ2n) is 15.6. The molecule has 0 aliphatic rings. The lowest BCUT2D eigenvalue weighted by atomic mass is 9.97. The molecule has 0 radical (unpaired) electrons. The van der Waals surface area contributed by atoms with Crippen molar-refractivity contribution in [3.05, 3.63) is 231 Å². The van der Waals surface area contributed by atoms with Crippen LogP contribution in [-0.2, 0) is 0 Å². The van der Waals surface area contributed by atoms with Crippen LogP contribution < -0.4 is 4.90 Å². The van der Waals surface area contributed by atoms with Gasteiger partial charge in [-0.05, 0) is 76.0 Å². The largest absolute Gasteiger partial charge is 0.455 e. The second kappa shape index (κ2) is 14.3. The zero-order chi connectivity index (χ0) is 40.3. The third-order valence-electron chi connectivity index (χ3n) is 12.2. The highest BCUT2D eigenvalue weighted by atomic mass is 16.3. The van der Waals surface area contributed by atoms with E-state index in [1.165, 1.54) is 38.2 Å². The summed E-state index contributed by atoms with van der Waals surface area (Å²) in [6, 6.07) is 82.9. The number of fused-ring (bicyclic) bond motifs is 7. The summed E-state index contributed by atoms with van der Waals surface area (Å²) in [6.45, 7) is 0. The Morgan fingerprint density at radius 3 is 1.82 bits per heavy atom. The van der Waals surface area contributed by atoms with Crippen LogP contribution in [0.15, 0.2) is 235 Å². The average Bonchev–Trinajstić information content (AvgIpc) is 3.88. The first-order chi connectivity index (χ1) is 30.3. The van der Waals surface area contributed by atoms with E-state index in [1.54, 1.807) is 0 Å². The van der Waals surface area contributed by atoms with Gasteiger partial charge in [0.25, 0.3) is 0 Å². The molecule has 10 aromatic carbocycles. The Bertz CT molecular complexity index is 3590. The zero-order valence-electron chi connectivity index (χ0n) is 33.2. The standard InChI is InChI=1S/C58H38N2O/c1-2-16-40(17-3-1)46-21-6-10-28-53(46)59(42-34-32-41(33-35-42)45-25-14-19-39-18-4-5-20-44(39)45)43-36-37-49-47-22-7-11-29-54(47)60(56(49)38-43)55-30-12-8-23-48(55)51-26-15-27-52-50-24-9-13-31-57(50)61-58(51)52/h1-38H. The summed E-state index contributed by atoms with van der Waals surface area (Å²) in [5.41, 5.74) is 15.3. The third-order valence-corrected chi connectivity index (χ3v) is 12.2. The smallest absolute Gasteiger partial charge is 0.143 e. The van der Waals surface area contributed by atoms with Gasteiger partial charge < -0.3 is 13.9 Å². The molecule has 0 saturated heterocycles. The van der Waals surface area contributed by atoms with Crippen molar-refractivity contribution in [1.29, 1.82) is 0 Å². The first-order valence-electron chi connectivity index (χ1n) is 20.8. The third kappa shape index (κ3) is 5.74. The first-order valence-corrected chi connectivity index (χ1v) is 20.8. The van der Waals surface area contributed by atoms with Gasteiger partial charge in [0.15, 0.2) is 0 Å². The highest BCUT2D eigenvalue weighted by Crippen LogP contribution is 2.45. The molecule has 12 aromatic rings. The fraction of sp³-hybridized carbons (Fsp3) is 0. The van der Waals surface area contributed by atoms with Gasteiger partial charge in [0.05, 0.1) is 22.4 Å². The van der Waals surface area contributed by atoms with Gasteiger partial charge in [-0.1, -0.05) is 182 Å². The molecule has 0 spiro atoms. The molecule has 12 rings (SSSR count). The molecular formula is C58H38N2O. The first kappa shape index (κ1) is 34.9. The molecule has 3 nitrogen and oxygen atoms in total. The van der Waals surface area contributed by atoms with Crippen molar-refractivity contribution in [2.45, 2.75) is 0 Å². The van der Waals surface area contributed by atoms with Gasteiger partial charge in [-0.2, -0.15) is 0 Å². The van der Waals surface area contributed by atoms with Crippen LogP contribution in [0.1, 0.15) is 0 Å². The normalized spacial score (nSPS) is 11.6. The molecule has 0 amide bonds. The minimum absolute atomic E-state index is 0.893. The number of anilines is 3. The van der Waals surface area contributed by atoms with Crippen LogP contribution in [-0.4, -0.2) is 4.57 Å².